The molecule has 2 aromatic rings. The quantitative estimate of drug-likeness (QED) is 0.622. The number of nitro benzene ring substituents is 1. The molecule has 0 bridgehead atoms. The van der Waals surface area contributed by atoms with Gasteiger partial charge in [0, 0.05) is 37.8 Å². The van der Waals surface area contributed by atoms with E-state index in [1.807, 2.05) is 0 Å². The molecule has 1 N–H and O–H groups in total. The molecule has 6 nitrogen and oxygen atoms in total. The van der Waals surface area contributed by atoms with E-state index in [-0.39, 0.29) is 28.2 Å². The van der Waals surface area contributed by atoms with Gasteiger partial charge in [-0.3, -0.25) is 19.8 Å². The maximum atomic E-state index is 12.4. The van der Waals surface area contributed by atoms with E-state index in [0.29, 0.717) is 0 Å². The van der Waals surface area contributed by atoms with E-state index >= 15 is 0 Å². The van der Waals surface area contributed by atoms with Crippen LogP contribution in [-0.2, 0) is 6.54 Å². The van der Waals surface area contributed by atoms with Crippen molar-refractivity contribution in [1.82, 2.24) is 10.2 Å². The van der Waals surface area contributed by atoms with E-state index in [4.69, 9.17) is 11.6 Å². The van der Waals surface area contributed by atoms with Gasteiger partial charge in [-0.1, -0.05) is 41.4 Å². The molecule has 0 aromatic heterocycles. The van der Waals surface area contributed by atoms with Crippen molar-refractivity contribution in [2.45, 2.75) is 32.4 Å². The summed E-state index contributed by atoms with van der Waals surface area (Å²) in [6.45, 7) is 4.82. The van der Waals surface area contributed by atoms with E-state index in [0.717, 1.165) is 32.5 Å². The fraction of sp³-hybridized carbons (Fsp3) is 0.350. The molecular formula is C20H22ClN3O3. The van der Waals surface area contributed by atoms with Crippen molar-refractivity contribution >= 4 is 23.2 Å². The Bertz CT molecular complexity index is 848. The molecule has 27 heavy (non-hydrogen) atoms. The molecule has 1 fully saturated rings. The lowest BCUT2D eigenvalue weighted by molar-refractivity contribution is -0.384. The first kappa shape index (κ1) is 19.3. The number of nitro groups is 1. The first-order chi connectivity index (χ1) is 12.9. The zero-order valence-electron chi connectivity index (χ0n) is 15.2. The number of carbonyl (C=O) groups is 1. The second kappa shape index (κ2) is 8.50. The summed E-state index contributed by atoms with van der Waals surface area (Å²) < 4.78 is 0. The predicted octanol–water partition coefficient (Wildman–Crippen LogP) is 3.95. The molecule has 1 aliphatic heterocycles. The maximum Gasteiger partial charge on any atom is 0.270 e. The molecule has 0 saturated carbocycles. The minimum atomic E-state index is -0.530. The number of carbonyl (C=O) groups excluding carboxylic acids is 1. The number of non-ortho nitro benzene ring substituents is 1. The van der Waals surface area contributed by atoms with Crippen molar-refractivity contribution in [3.05, 3.63) is 74.3 Å². The van der Waals surface area contributed by atoms with Crippen LogP contribution in [0.15, 0.2) is 42.5 Å². The van der Waals surface area contributed by atoms with Gasteiger partial charge in [0.1, 0.15) is 0 Å². The van der Waals surface area contributed by atoms with Gasteiger partial charge in [-0.25, -0.2) is 0 Å². The highest BCUT2D eigenvalue weighted by Crippen LogP contribution is 2.23. The first-order valence-corrected chi connectivity index (χ1v) is 9.33. The number of hydrogen-bond donors (Lipinski definition) is 1. The standard InChI is InChI=1S/C20H22ClN3O3/c1-14-3-2-4-15(11-14)13-23-9-7-16(8-10-23)22-20(25)18-6-5-17(24(26)27)12-19(18)21/h2-6,11-12,16H,7-10,13H2,1H3,(H,22,25). The smallest absolute Gasteiger partial charge is 0.270 e. The minimum Gasteiger partial charge on any atom is -0.349 e. The minimum absolute atomic E-state index is 0.0810. The van der Waals surface area contributed by atoms with Crippen LogP contribution in [0.4, 0.5) is 5.69 Å². The SMILES string of the molecule is Cc1cccc(CN2CCC(NC(=O)c3ccc([N+](=O)[O-])cc3Cl)CC2)c1. The lowest BCUT2D eigenvalue weighted by Crippen LogP contribution is -2.44. The summed E-state index contributed by atoms with van der Waals surface area (Å²) in [5.41, 5.74) is 2.70. The van der Waals surface area contributed by atoms with Gasteiger partial charge in [0.2, 0.25) is 0 Å². The van der Waals surface area contributed by atoms with Crippen LogP contribution in [0.3, 0.4) is 0 Å². The molecule has 0 radical (unpaired) electrons. The Hall–Kier alpha value is -2.44. The van der Waals surface area contributed by atoms with Crippen LogP contribution in [0, 0.1) is 17.0 Å². The van der Waals surface area contributed by atoms with Crippen molar-refractivity contribution < 1.29 is 9.72 Å². The molecule has 0 atom stereocenters. The van der Waals surface area contributed by atoms with E-state index in [1.165, 1.54) is 29.3 Å². The largest absolute Gasteiger partial charge is 0.349 e. The number of rotatable bonds is 5. The van der Waals surface area contributed by atoms with Gasteiger partial charge in [-0.05, 0) is 31.4 Å². The van der Waals surface area contributed by atoms with E-state index in [1.54, 1.807) is 0 Å². The van der Waals surface area contributed by atoms with Gasteiger partial charge in [-0.2, -0.15) is 0 Å². The molecule has 1 amide bonds. The molecule has 0 spiro atoms. The van der Waals surface area contributed by atoms with Gasteiger partial charge in [-0.15, -0.1) is 0 Å². The van der Waals surface area contributed by atoms with Crippen LogP contribution >= 0.6 is 11.6 Å². The molecular weight excluding hydrogens is 366 g/mol. The van der Waals surface area contributed by atoms with E-state index in [2.05, 4.69) is 41.4 Å². The summed E-state index contributed by atoms with van der Waals surface area (Å²) in [5, 5.41) is 13.9. The fourth-order valence-corrected chi connectivity index (χ4v) is 3.63. The van der Waals surface area contributed by atoms with Gasteiger partial charge in [0.25, 0.3) is 11.6 Å². The second-order valence-corrected chi connectivity index (χ2v) is 7.34. The Morgan fingerprint density at radius 3 is 2.63 bits per heavy atom. The molecule has 1 aliphatic rings. The van der Waals surface area contributed by atoms with Gasteiger partial charge in [0.05, 0.1) is 15.5 Å². The topological polar surface area (TPSA) is 75.5 Å². The summed E-state index contributed by atoms with van der Waals surface area (Å²) >= 11 is 6.04. The molecule has 1 heterocycles. The summed E-state index contributed by atoms with van der Waals surface area (Å²) in [6, 6.07) is 12.5. The third-order valence-electron chi connectivity index (χ3n) is 4.82. The van der Waals surface area contributed by atoms with Crippen molar-refractivity contribution in [3.8, 4) is 0 Å². The fourth-order valence-electron chi connectivity index (χ4n) is 3.37. The summed E-state index contributed by atoms with van der Waals surface area (Å²) in [7, 11) is 0. The van der Waals surface area contributed by atoms with Crippen molar-refractivity contribution in [3.63, 3.8) is 0 Å². The van der Waals surface area contributed by atoms with Crippen molar-refractivity contribution in [2.75, 3.05) is 13.1 Å². The van der Waals surface area contributed by atoms with Crippen LogP contribution in [0.25, 0.3) is 0 Å². The summed E-state index contributed by atoms with van der Waals surface area (Å²) in [4.78, 5) is 25.1. The zero-order chi connectivity index (χ0) is 19.4. The Balaban J connectivity index is 1.53. The highest BCUT2D eigenvalue weighted by Gasteiger charge is 2.22. The molecule has 142 valence electrons. The Kier molecular flexibility index (Phi) is 6.08. The summed E-state index contributed by atoms with van der Waals surface area (Å²) in [6.07, 6.45) is 1.73. The lowest BCUT2D eigenvalue weighted by atomic mass is 10.0. The molecule has 0 unspecified atom stereocenters. The highest BCUT2D eigenvalue weighted by molar-refractivity contribution is 6.34. The molecule has 7 heteroatoms. The number of hydrogen-bond acceptors (Lipinski definition) is 4. The zero-order valence-corrected chi connectivity index (χ0v) is 15.9. The van der Waals surface area contributed by atoms with Gasteiger partial charge >= 0.3 is 0 Å². The number of piperidine rings is 1. The number of nitrogens with one attached hydrogen (secondary N) is 1. The molecule has 0 aliphatic carbocycles. The number of benzene rings is 2. The van der Waals surface area contributed by atoms with Crippen LogP contribution < -0.4 is 5.32 Å². The van der Waals surface area contributed by atoms with Crippen molar-refractivity contribution in [2.24, 2.45) is 0 Å². The molecule has 1 saturated heterocycles. The lowest BCUT2D eigenvalue weighted by Gasteiger charge is -2.32. The average molecular weight is 388 g/mol. The average Bonchev–Trinajstić information content (AvgIpc) is 2.63. The number of amides is 1. The van der Waals surface area contributed by atoms with Gasteiger partial charge < -0.3 is 5.32 Å². The van der Waals surface area contributed by atoms with Gasteiger partial charge in [0.15, 0.2) is 0 Å². The Morgan fingerprint density at radius 2 is 2.00 bits per heavy atom. The Morgan fingerprint density at radius 1 is 1.26 bits per heavy atom. The van der Waals surface area contributed by atoms with E-state index < -0.39 is 4.92 Å². The van der Waals surface area contributed by atoms with Crippen LogP contribution in [0.2, 0.25) is 5.02 Å². The monoisotopic (exact) mass is 387 g/mol. The number of likely N-dealkylation sites (tertiary alicyclic amines) is 1. The third kappa shape index (κ3) is 5.05. The van der Waals surface area contributed by atoms with E-state index in [9.17, 15) is 14.9 Å². The predicted molar refractivity (Wildman–Crippen MR) is 105 cm³/mol. The highest BCUT2D eigenvalue weighted by atomic mass is 35.5. The molecule has 2 aromatic carbocycles. The van der Waals surface area contributed by atoms with Crippen molar-refractivity contribution in [1.29, 1.82) is 0 Å². The normalized spacial score (nSPS) is 15.5. The van der Waals surface area contributed by atoms with Crippen LogP contribution in [0.1, 0.15) is 34.3 Å². The Labute approximate surface area is 163 Å². The maximum absolute atomic E-state index is 12.4. The number of aryl methyl sites for hydroxylation is 1. The summed E-state index contributed by atoms with van der Waals surface area (Å²) in [5.74, 6) is -0.285. The third-order valence-corrected chi connectivity index (χ3v) is 5.13. The number of halogens is 1. The number of nitrogens with zero attached hydrogens (tertiary/aromatic N) is 2. The second-order valence-electron chi connectivity index (χ2n) is 6.93. The van der Waals surface area contributed by atoms with Crippen LogP contribution in [-0.4, -0.2) is 34.9 Å². The van der Waals surface area contributed by atoms with Crippen LogP contribution in [0.5, 0.6) is 0 Å². The molecule has 3 rings (SSSR count). The first-order valence-electron chi connectivity index (χ1n) is 8.95.